The van der Waals surface area contributed by atoms with Crippen molar-refractivity contribution in [3.05, 3.63) is 18.2 Å². The van der Waals surface area contributed by atoms with E-state index in [1.54, 1.807) is 13.2 Å². The van der Waals surface area contributed by atoms with E-state index in [-0.39, 0.29) is 11.8 Å². The van der Waals surface area contributed by atoms with Gasteiger partial charge in [0.05, 0.1) is 12.7 Å². The average molecular weight is 430 g/mol. The van der Waals surface area contributed by atoms with Gasteiger partial charge in [-0.3, -0.25) is 4.79 Å². The van der Waals surface area contributed by atoms with Crippen molar-refractivity contribution in [3.8, 4) is 17.2 Å². The van der Waals surface area contributed by atoms with E-state index in [1.807, 2.05) is 12.1 Å². The summed E-state index contributed by atoms with van der Waals surface area (Å²) in [5, 5.41) is 14.4. The number of amides is 1. The summed E-state index contributed by atoms with van der Waals surface area (Å²) in [6.45, 7) is 8.24. The Morgan fingerprint density at radius 2 is 1.97 bits per heavy atom. The highest BCUT2D eigenvalue weighted by Gasteiger charge is 2.22. The van der Waals surface area contributed by atoms with E-state index in [2.05, 4.69) is 39.6 Å². The molecule has 0 spiro atoms. The number of nitrogens with one attached hydrogen (secondary N) is 2. The summed E-state index contributed by atoms with van der Waals surface area (Å²) in [4.78, 5) is 14.9. The fourth-order valence-corrected chi connectivity index (χ4v) is 4.00. The van der Waals surface area contributed by atoms with Gasteiger partial charge in [-0.05, 0) is 51.0 Å². The Labute approximate surface area is 184 Å². The number of nitrogens with zero attached hydrogens (tertiary/aromatic N) is 3. The molecule has 0 unspecified atom stereocenters. The molecule has 1 aliphatic rings. The van der Waals surface area contributed by atoms with E-state index in [9.17, 15) is 4.79 Å². The highest BCUT2D eigenvalue weighted by atomic mass is 16.5. The predicted octanol–water partition coefficient (Wildman–Crippen LogP) is 4.41. The Hall–Kier alpha value is -2.61. The number of benzene rings is 1. The maximum atomic E-state index is 12.5. The van der Waals surface area contributed by atoms with Crippen LogP contribution in [-0.4, -0.2) is 54.3 Å². The summed E-state index contributed by atoms with van der Waals surface area (Å²) < 4.78 is 11.3. The molecule has 0 radical (unpaired) electrons. The van der Waals surface area contributed by atoms with E-state index in [0.29, 0.717) is 28.9 Å². The number of carbonyl (C=O) groups excluding carboxylic acids is 1. The zero-order valence-electron chi connectivity index (χ0n) is 18.9. The fraction of sp³-hybridized carbons (Fsp3) is 0.609. The third-order valence-electron chi connectivity index (χ3n) is 5.92. The zero-order valence-corrected chi connectivity index (χ0v) is 18.9. The highest BCUT2D eigenvalue weighted by molar-refractivity contribution is 5.93. The standard InChI is InChI=1S/C23H35N5O3/c1-4-28(5-2)15-9-14-24-23-27-26-22(31-23)19-13-12-18(16-20(19)30-3)25-21(29)17-10-7-6-8-11-17/h12-13,16-17H,4-11,14-15H2,1-3H3,(H,24,27)(H,25,29). The van der Waals surface area contributed by atoms with Crippen molar-refractivity contribution < 1.29 is 13.9 Å². The molecule has 1 saturated carbocycles. The monoisotopic (exact) mass is 429 g/mol. The minimum atomic E-state index is 0.0866. The van der Waals surface area contributed by atoms with Crippen molar-refractivity contribution >= 4 is 17.6 Å². The second-order valence-electron chi connectivity index (χ2n) is 7.96. The fourth-order valence-electron chi connectivity index (χ4n) is 4.00. The second kappa shape index (κ2) is 11.7. The van der Waals surface area contributed by atoms with Crippen LogP contribution in [0.3, 0.4) is 0 Å². The smallest absolute Gasteiger partial charge is 0.315 e. The maximum Gasteiger partial charge on any atom is 0.315 e. The molecule has 0 atom stereocenters. The van der Waals surface area contributed by atoms with Gasteiger partial charge in [-0.2, -0.15) is 0 Å². The van der Waals surface area contributed by atoms with Gasteiger partial charge in [0.1, 0.15) is 5.75 Å². The molecule has 3 rings (SSSR count). The molecule has 2 aromatic rings. The van der Waals surface area contributed by atoms with E-state index >= 15 is 0 Å². The van der Waals surface area contributed by atoms with Crippen molar-refractivity contribution in [2.45, 2.75) is 52.4 Å². The molecule has 1 aliphatic carbocycles. The average Bonchev–Trinajstić information content (AvgIpc) is 3.28. The number of hydrogen-bond acceptors (Lipinski definition) is 7. The molecule has 31 heavy (non-hydrogen) atoms. The Morgan fingerprint density at radius 1 is 1.19 bits per heavy atom. The lowest BCUT2D eigenvalue weighted by molar-refractivity contribution is -0.120. The van der Waals surface area contributed by atoms with Gasteiger partial charge in [-0.25, -0.2) is 0 Å². The number of aromatic nitrogens is 2. The summed E-state index contributed by atoms with van der Waals surface area (Å²) in [6.07, 6.45) is 6.41. The van der Waals surface area contributed by atoms with Crippen molar-refractivity contribution in [2.24, 2.45) is 5.92 Å². The van der Waals surface area contributed by atoms with Gasteiger partial charge < -0.3 is 24.7 Å². The minimum Gasteiger partial charge on any atom is -0.496 e. The summed E-state index contributed by atoms with van der Waals surface area (Å²) in [5.74, 6) is 1.15. The van der Waals surface area contributed by atoms with Gasteiger partial charge in [0.25, 0.3) is 5.89 Å². The molecular weight excluding hydrogens is 394 g/mol. The van der Waals surface area contributed by atoms with Gasteiger partial charge in [-0.15, -0.1) is 5.10 Å². The van der Waals surface area contributed by atoms with Crippen LogP contribution in [0, 0.1) is 5.92 Å². The first kappa shape index (κ1) is 23.1. The molecule has 1 aromatic heterocycles. The van der Waals surface area contributed by atoms with E-state index in [0.717, 1.165) is 58.3 Å². The number of anilines is 2. The van der Waals surface area contributed by atoms with E-state index in [1.165, 1.54) is 6.42 Å². The van der Waals surface area contributed by atoms with Crippen LogP contribution < -0.4 is 15.4 Å². The lowest BCUT2D eigenvalue weighted by atomic mass is 9.88. The topological polar surface area (TPSA) is 92.5 Å². The van der Waals surface area contributed by atoms with Crippen LogP contribution in [0.2, 0.25) is 0 Å². The van der Waals surface area contributed by atoms with Crippen LogP contribution in [0.15, 0.2) is 22.6 Å². The Balaban J connectivity index is 1.59. The van der Waals surface area contributed by atoms with E-state index in [4.69, 9.17) is 9.15 Å². The summed E-state index contributed by atoms with van der Waals surface area (Å²) in [7, 11) is 1.59. The third-order valence-corrected chi connectivity index (χ3v) is 5.92. The molecule has 1 aromatic carbocycles. The summed E-state index contributed by atoms with van der Waals surface area (Å²) in [5.41, 5.74) is 1.41. The minimum absolute atomic E-state index is 0.0866. The predicted molar refractivity (Wildman–Crippen MR) is 122 cm³/mol. The van der Waals surface area contributed by atoms with Gasteiger partial charge in [0.15, 0.2) is 0 Å². The second-order valence-corrected chi connectivity index (χ2v) is 7.96. The molecule has 0 saturated heterocycles. The molecule has 0 aliphatic heterocycles. The first-order valence-corrected chi connectivity index (χ1v) is 11.4. The SMILES string of the molecule is CCN(CC)CCCNc1nnc(-c2ccc(NC(=O)C3CCCCC3)cc2OC)o1. The number of ether oxygens (including phenoxy) is 1. The first-order chi connectivity index (χ1) is 15.1. The maximum absolute atomic E-state index is 12.5. The van der Waals surface area contributed by atoms with Gasteiger partial charge >= 0.3 is 6.01 Å². The highest BCUT2D eigenvalue weighted by Crippen LogP contribution is 2.33. The molecule has 1 amide bonds. The van der Waals surface area contributed by atoms with Crippen LogP contribution in [-0.2, 0) is 4.79 Å². The molecule has 2 N–H and O–H groups in total. The largest absolute Gasteiger partial charge is 0.496 e. The quantitative estimate of drug-likeness (QED) is 0.511. The van der Waals surface area contributed by atoms with Crippen molar-refractivity contribution in [3.63, 3.8) is 0 Å². The number of rotatable bonds is 11. The molecule has 8 heteroatoms. The van der Waals surface area contributed by atoms with E-state index < -0.39 is 0 Å². The van der Waals surface area contributed by atoms with Gasteiger partial charge in [-0.1, -0.05) is 38.2 Å². The van der Waals surface area contributed by atoms with Crippen molar-refractivity contribution in [1.29, 1.82) is 0 Å². The van der Waals surface area contributed by atoms with Crippen LogP contribution in [0.25, 0.3) is 11.5 Å². The molecule has 1 fully saturated rings. The normalized spacial score (nSPS) is 14.6. The first-order valence-electron chi connectivity index (χ1n) is 11.4. The van der Waals surface area contributed by atoms with Gasteiger partial charge in [0, 0.05) is 24.2 Å². The lowest BCUT2D eigenvalue weighted by Crippen LogP contribution is -2.25. The molecular formula is C23H35N5O3. The Morgan fingerprint density at radius 3 is 2.68 bits per heavy atom. The Bertz CT molecular complexity index is 828. The van der Waals surface area contributed by atoms with Crippen molar-refractivity contribution in [2.75, 3.05) is 43.9 Å². The summed E-state index contributed by atoms with van der Waals surface area (Å²) in [6, 6.07) is 5.89. The zero-order chi connectivity index (χ0) is 22.1. The lowest BCUT2D eigenvalue weighted by Gasteiger charge is -2.21. The number of hydrogen-bond donors (Lipinski definition) is 2. The molecule has 1 heterocycles. The molecule has 0 bridgehead atoms. The molecule has 170 valence electrons. The van der Waals surface area contributed by atoms with Crippen molar-refractivity contribution in [1.82, 2.24) is 15.1 Å². The number of methoxy groups -OCH3 is 1. The van der Waals surface area contributed by atoms with Crippen LogP contribution >= 0.6 is 0 Å². The summed E-state index contributed by atoms with van der Waals surface area (Å²) >= 11 is 0. The molecule has 8 nitrogen and oxygen atoms in total. The number of carbonyl (C=O) groups is 1. The van der Waals surface area contributed by atoms with Crippen LogP contribution in [0.1, 0.15) is 52.4 Å². The van der Waals surface area contributed by atoms with Crippen LogP contribution in [0.4, 0.5) is 11.7 Å². The van der Waals surface area contributed by atoms with Crippen LogP contribution in [0.5, 0.6) is 5.75 Å². The Kier molecular flexibility index (Phi) is 8.70. The third kappa shape index (κ3) is 6.43. The van der Waals surface area contributed by atoms with Gasteiger partial charge in [0.2, 0.25) is 5.91 Å².